The fourth-order valence-electron chi connectivity index (χ4n) is 3.17. The van der Waals surface area contributed by atoms with Gasteiger partial charge in [0.2, 0.25) is 0 Å². The van der Waals surface area contributed by atoms with Crippen LogP contribution in [-0.2, 0) is 7.05 Å². The molecule has 0 spiro atoms. The quantitative estimate of drug-likeness (QED) is 0.572. The molecule has 0 unspecified atom stereocenters. The van der Waals surface area contributed by atoms with Crippen molar-refractivity contribution < 1.29 is 9.47 Å². The van der Waals surface area contributed by atoms with Crippen molar-refractivity contribution in [3.05, 3.63) is 52.9 Å². The van der Waals surface area contributed by atoms with E-state index in [1.165, 1.54) is 0 Å². The summed E-state index contributed by atoms with van der Waals surface area (Å²) in [7, 11) is 4.98. The molecule has 2 aromatic heterocycles. The predicted octanol–water partition coefficient (Wildman–Crippen LogP) is 2.96. The molecule has 0 fully saturated rings. The van der Waals surface area contributed by atoms with E-state index in [1.807, 2.05) is 42.5 Å². The topological polar surface area (TPSA) is 44.9 Å². The van der Waals surface area contributed by atoms with E-state index >= 15 is 0 Å². The Morgan fingerprint density at radius 1 is 0.870 bits per heavy atom. The summed E-state index contributed by atoms with van der Waals surface area (Å²) in [4.78, 5) is 12.8. The number of methoxy groups -OCH3 is 2. The second-order valence-electron chi connectivity index (χ2n) is 5.49. The zero-order chi connectivity index (χ0) is 16.1. The van der Waals surface area contributed by atoms with Crippen molar-refractivity contribution in [1.82, 2.24) is 8.97 Å². The summed E-state index contributed by atoms with van der Waals surface area (Å²) >= 11 is 0. The van der Waals surface area contributed by atoms with E-state index in [0.29, 0.717) is 11.5 Å². The molecular weight excluding hydrogens is 292 g/mol. The first kappa shape index (κ1) is 13.7. The molecule has 5 heteroatoms. The average Bonchev–Trinajstić information content (AvgIpc) is 2.97. The minimum atomic E-state index is -0.0825. The standard InChI is InChI=1S/C18H16N2O3/c1-19-13-7-5-4-6-12(13)15-8-11-9-16(22-2)17(23-3)10-14(11)20(15)18(19)21/h4-10H,1-3H3. The number of fused-ring (bicyclic) bond motifs is 5. The number of aryl methyl sites for hydroxylation is 1. The maximum atomic E-state index is 12.8. The van der Waals surface area contributed by atoms with Crippen LogP contribution in [0.3, 0.4) is 0 Å². The summed E-state index contributed by atoms with van der Waals surface area (Å²) in [6.07, 6.45) is 0. The Balaban J connectivity index is 2.28. The van der Waals surface area contributed by atoms with Gasteiger partial charge in [0.25, 0.3) is 0 Å². The van der Waals surface area contributed by atoms with Crippen molar-refractivity contribution in [3.8, 4) is 11.5 Å². The van der Waals surface area contributed by atoms with Crippen LogP contribution in [0.1, 0.15) is 0 Å². The van der Waals surface area contributed by atoms with Gasteiger partial charge in [0.1, 0.15) is 0 Å². The Bertz CT molecular complexity index is 1120. The van der Waals surface area contributed by atoms with Crippen molar-refractivity contribution in [2.45, 2.75) is 0 Å². The highest BCUT2D eigenvalue weighted by molar-refractivity contribution is 6.01. The van der Waals surface area contributed by atoms with Gasteiger partial charge >= 0.3 is 5.69 Å². The lowest BCUT2D eigenvalue weighted by Crippen LogP contribution is -2.24. The van der Waals surface area contributed by atoms with Crippen LogP contribution in [0.5, 0.6) is 11.5 Å². The van der Waals surface area contributed by atoms with Crippen molar-refractivity contribution in [3.63, 3.8) is 0 Å². The first-order valence-corrected chi connectivity index (χ1v) is 7.30. The van der Waals surface area contributed by atoms with Crippen LogP contribution in [-0.4, -0.2) is 23.2 Å². The van der Waals surface area contributed by atoms with Gasteiger partial charge in [-0.05, 0) is 18.2 Å². The van der Waals surface area contributed by atoms with Crippen LogP contribution in [0.25, 0.3) is 27.3 Å². The minimum Gasteiger partial charge on any atom is -0.493 e. The summed E-state index contributed by atoms with van der Waals surface area (Å²) in [5.41, 5.74) is 2.52. The molecule has 2 aromatic carbocycles. The van der Waals surface area contributed by atoms with Gasteiger partial charge in [-0.2, -0.15) is 0 Å². The Morgan fingerprint density at radius 2 is 1.57 bits per heavy atom. The van der Waals surface area contributed by atoms with Gasteiger partial charge < -0.3 is 9.47 Å². The summed E-state index contributed by atoms with van der Waals surface area (Å²) in [6.45, 7) is 0. The fraction of sp³-hybridized carbons (Fsp3) is 0.167. The van der Waals surface area contributed by atoms with Gasteiger partial charge in [0.05, 0.1) is 30.8 Å². The number of hydrogen-bond donors (Lipinski definition) is 0. The van der Waals surface area contributed by atoms with Crippen molar-refractivity contribution in [2.75, 3.05) is 14.2 Å². The van der Waals surface area contributed by atoms with Crippen LogP contribution in [0.4, 0.5) is 0 Å². The number of nitrogens with zero attached hydrogens (tertiary/aromatic N) is 2. The molecule has 0 saturated heterocycles. The largest absolute Gasteiger partial charge is 0.493 e. The fourth-order valence-corrected chi connectivity index (χ4v) is 3.17. The number of aromatic nitrogens is 2. The summed E-state index contributed by atoms with van der Waals surface area (Å²) in [5.74, 6) is 1.26. The first-order valence-electron chi connectivity index (χ1n) is 7.30. The summed E-state index contributed by atoms with van der Waals surface area (Å²) in [6, 6.07) is 13.7. The normalized spacial score (nSPS) is 11.4. The molecule has 0 aliphatic rings. The molecule has 0 amide bonds. The number of hydrogen-bond acceptors (Lipinski definition) is 3. The highest BCUT2D eigenvalue weighted by atomic mass is 16.5. The monoisotopic (exact) mass is 308 g/mol. The zero-order valence-electron chi connectivity index (χ0n) is 13.2. The molecule has 0 atom stereocenters. The maximum absolute atomic E-state index is 12.8. The molecule has 4 rings (SSSR count). The summed E-state index contributed by atoms with van der Waals surface area (Å²) in [5, 5.41) is 1.97. The van der Waals surface area contributed by atoms with E-state index in [9.17, 15) is 4.79 Å². The maximum Gasteiger partial charge on any atom is 0.333 e. The molecule has 5 nitrogen and oxygen atoms in total. The highest BCUT2D eigenvalue weighted by Crippen LogP contribution is 2.34. The SMILES string of the molecule is COc1cc2cc3c4ccccc4n(C)c(=O)n3c2cc1OC. The van der Waals surface area contributed by atoms with Gasteiger partial charge in [-0.25, -0.2) is 4.79 Å². The van der Waals surface area contributed by atoms with Crippen molar-refractivity contribution in [2.24, 2.45) is 7.05 Å². The third kappa shape index (κ3) is 1.76. The van der Waals surface area contributed by atoms with E-state index in [0.717, 1.165) is 27.3 Å². The van der Waals surface area contributed by atoms with Gasteiger partial charge in [-0.15, -0.1) is 0 Å². The molecule has 0 N–H and O–H groups in total. The second-order valence-corrected chi connectivity index (χ2v) is 5.49. The lowest BCUT2D eigenvalue weighted by Gasteiger charge is -2.09. The molecule has 23 heavy (non-hydrogen) atoms. The molecule has 2 heterocycles. The van der Waals surface area contributed by atoms with Crippen LogP contribution < -0.4 is 15.2 Å². The Morgan fingerprint density at radius 3 is 2.30 bits per heavy atom. The van der Waals surface area contributed by atoms with E-state index in [2.05, 4.69) is 0 Å². The Hall–Kier alpha value is -2.95. The minimum absolute atomic E-state index is 0.0825. The zero-order valence-corrected chi connectivity index (χ0v) is 13.2. The number of rotatable bonds is 2. The molecule has 0 radical (unpaired) electrons. The number of para-hydroxylation sites is 1. The third-order valence-electron chi connectivity index (χ3n) is 4.33. The Labute approximate surface area is 132 Å². The number of ether oxygens (including phenoxy) is 2. The lowest BCUT2D eigenvalue weighted by atomic mass is 10.2. The van der Waals surface area contributed by atoms with E-state index in [1.54, 1.807) is 30.2 Å². The van der Waals surface area contributed by atoms with Crippen LogP contribution >= 0.6 is 0 Å². The molecule has 0 aliphatic carbocycles. The average molecular weight is 308 g/mol. The predicted molar refractivity (Wildman–Crippen MR) is 90.8 cm³/mol. The second kappa shape index (κ2) is 4.78. The van der Waals surface area contributed by atoms with Crippen molar-refractivity contribution >= 4 is 27.3 Å². The van der Waals surface area contributed by atoms with E-state index < -0.39 is 0 Å². The molecule has 0 saturated carbocycles. The summed E-state index contributed by atoms with van der Waals surface area (Å²) < 4.78 is 14.1. The third-order valence-corrected chi connectivity index (χ3v) is 4.33. The number of benzene rings is 2. The van der Waals surface area contributed by atoms with Crippen molar-refractivity contribution in [1.29, 1.82) is 0 Å². The van der Waals surface area contributed by atoms with E-state index in [4.69, 9.17) is 9.47 Å². The van der Waals surface area contributed by atoms with Crippen LogP contribution in [0.2, 0.25) is 0 Å². The van der Waals surface area contributed by atoms with E-state index in [-0.39, 0.29) is 5.69 Å². The smallest absolute Gasteiger partial charge is 0.333 e. The molecule has 0 aliphatic heterocycles. The molecule has 4 aromatic rings. The first-order chi connectivity index (χ1) is 11.2. The van der Waals surface area contributed by atoms with Gasteiger partial charge in [0, 0.05) is 23.9 Å². The molecular formula is C18H16N2O3. The van der Waals surface area contributed by atoms with Crippen LogP contribution in [0, 0.1) is 0 Å². The molecule has 116 valence electrons. The van der Waals surface area contributed by atoms with Gasteiger partial charge in [0.15, 0.2) is 11.5 Å². The highest BCUT2D eigenvalue weighted by Gasteiger charge is 2.15. The van der Waals surface area contributed by atoms with Crippen LogP contribution in [0.15, 0.2) is 47.3 Å². The molecule has 0 bridgehead atoms. The Kier molecular flexibility index (Phi) is 2.84. The van der Waals surface area contributed by atoms with Gasteiger partial charge in [-0.3, -0.25) is 8.97 Å². The van der Waals surface area contributed by atoms with Gasteiger partial charge in [-0.1, -0.05) is 18.2 Å². The lowest BCUT2D eigenvalue weighted by molar-refractivity contribution is 0.356.